The van der Waals surface area contributed by atoms with Gasteiger partial charge in [-0.3, -0.25) is 9.59 Å². The van der Waals surface area contributed by atoms with Gasteiger partial charge in [0.05, 0.1) is 5.75 Å². The van der Waals surface area contributed by atoms with Gasteiger partial charge in [-0.1, -0.05) is 23.9 Å². The van der Waals surface area contributed by atoms with Crippen molar-refractivity contribution >= 4 is 40.6 Å². The van der Waals surface area contributed by atoms with E-state index in [1.165, 1.54) is 18.7 Å². The summed E-state index contributed by atoms with van der Waals surface area (Å²) in [4.78, 5) is 23.2. The molecule has 0 spiro atoms. The number of thioether (sulfide) groups is 1. The smallest absolute Gasteiger partial charge is 0.234 e. The lowest BCUT2D eigenvalue weighted by molar-refractivity contribution is -0.114. The Balaban J connectivity index is 1.59. The number of nitrogen functional groups attached to an aromatic ring is 1. The van der Waals surface area contributed by atoms with E-state index in [0.29, 0.717) is 28.0 Å². The van der Waals surface area contributed by atoms with Crippen molar-refractivity contribution in [2.24, 2.45) is 7.05 Å². The summed E-state index contributed by atoms with van der Waals surface area (Å²) in [6.07, 6.45) is 0. The molecule has 1 aromatic heterocycles. The summed E-state index contributed by atoms with van der Waals surface area (Å²) in [7, 11) is 1.84. The number of nitrogens with zero attached hydrogens (tertiary/aromatic N) is 3. The molecule has 2 aromatic carbocycles. The number of nitrogens with one attached hydrogen (secondary N) is 2. The van der Waals surface area contributed by atoms with Gasteiger partial charge in [0.15, 0.2) is 11.0 Å². The van der Waals surface area contributed by atoms with Crippen LogP contribution in [0.3, 0.4) is 0 Å². The molecule has 0 aliphatic rings. The molecular formula is C19H20N6O2S. The lowest BCUT2D eigenvalue weighted by Crippen LogP contribution is -2.14. The zero-order valence-corrected chi connectivity index (χ0v) is 16.3. The number of carbonyl (C=O) groups is 2. The predicted molar refractivity (Wildman–Crippen MR) is 111 cm³/mol. The van der Waals surface area contributed by atoms with Crippen molar-refractivity contribution in [3.63, 3.8) is 0 Å². The van der Waals surface area contributed by atoms with Crippen molar-refractivity contribution in [2.75, 3.05) is 22.1 Å². The van der Waals surface area contributed by atoms with Gasteiger partial charge in [0.25, 0.3) is 0 Å². The van der Waals surface area contributed by atoms with E-state index in [1.807, 2.05) is 35.9 Å². The van der Waals surface area contributed by atoms with Crippen LogP contribution in [0.2, 0.25) is 0 Å². The molecule has 3 rings (SSSR count). The van der Waals surface area contributed by atoms with Crippen LogP contribution in [0.15, 0.2) is 53.7 Å². The summed E-state index contributed by atoms with van der Waals surface area (Å²) in [6.45, 7) is 1.44. The van der Waals surface area contributed by atoms with Crippen molar-refractivity contribution in [2.45, 2.75) is 12.1 Å². The van der Waals surface area contributed by atoms with Crippen molar-refractivity contribution in [1.29, 1.82) is 0 Å². The minimum Gasteiger partial charge on any atom is -0.398 e. The highest BCUT2D eigenvalue weighted by molar-refractivity contribution is 7.99. The fourth-order valence-electron chi connectivity index (χ4n) is 2.54. The molecule has 2 amide bonds. The van der Waals surface area contributed by atoms with Crippen molar-refractivity contribution in [3.8, 4) is 11.4 Å². The first-order chi connectivity index (χ1) is 13.4. The van der Waals surface area contributed by atoms with E-state index in [2.05, 4.69) is 20.8 Å². The molecule has 9 heteroatoms. The van der Waals surface area contributed by atoms with E-state index in [9.17, 15) is 9.59 Å². The standard InChI is InChI=1S/C19H20N6O2S/c1-12(26)21-13-7-9-14(10-8-13)22-17(27)11-28-19-24-23-18(25(19)2)15-5-3-4-6-16(15)20/h3-10H,11,20H2,1-2H3,(H,21,26)(H,22,27). The van der Waals surface area contributed by atoms with Gasteiger partial charge in [0.2, 0.25) is 11.8 Å². The Bertz CT molecular complexity index is 1000. The quantitative estimate of drug-likeness (QED) is 0.436. The third kappa shape index (κ3) is 4.68. The van der Waals surface area contributed by atoms with Gasteiger partial charge in [-0.25, -0.2) is 0 Å². The number of aromatic nitrogens is 3. The van der Waals surface area contributed by atoms with Gasteiger partial charge in [0, 0.05) is 36.6 Å². The number of para-hydroxylation sites is 1. The fourth-order valence-corrected chi connectivity index (χ4v) is 3.25. The van der Waals surface area contributed by atoms with Gasteiger partial charge < -0.3 is 20.9 Å². The first-order valence-corrected chi connectivity index (χ1v) is 9.47. The molecule has 144 valence electrons. The topological polar surface area (TPSA) is 115 Å². The highest BCUT2D eigenvalue weighted by atomic mass is 32.2. The SMILES string of the molecule is CC(=O)Nc1ccc(NC(=O)CSc2nnc(-c3ccccc3N)n2C)cc1. The van der Waals surface area contributed by atoms with Gasteiger partial charge in [-0.05, 0) is 36.4 Å². The molecule has 8 nitrogen and oxygen atoms in total. The minimum absolute atomic E-state index is 0.145. The number of amides is 2. The third-order valence-electron chi connectivity index (χ3n) is 3.86. The average Bonchev–Trinajstić information content (AvgIpc) is 3.02. The summed E-state index contributed by atoms with van der Waals surface area (Å²) in [6, 6.07) is 14.3. The summed E-state index contributed by atoms with van der Waals surface area (Å²) in [5, 5.41) is 14.4. The predicted octanol–water partition coefficient (Wildman–Crippen LogP) is 2.75. The maximum absolute atomic E-state index is 12.2. The molecule has 3 aromatic rings. The number of hydrogen-bond donors (Lipinski definition) is 3. The molecule has 0 radical (unpaired) electrons. The molecule has 0 bridgehead atoms. The summed E-state index contributed by atoms with van der Waals surface area (Å²) < 4.78 is 1.81. The van der Waals surface area contributed by atoms with E-state index in [-0.39, 0.29) is 17.6 Å². The van der Waals surface area contributed by atoms with Gasteiger partial charge in [-0.2, -0.15) is 0 Å². The molecule has 1 heterocycles. The van der Waals surface area contributed by atoms with Gasteiger partial charge in [-0.15, -0.1) is 10.2 Å². The summed E-state index contributed by atoms with van der Waals surface area (Å²) >= 11 is 1.29. The maximum Gasteiger partial charge on any atom is 0.234 e. The van der Waals surface area contributed by atoms with Crippen molar-refractivity contribution in [1.82, 2.24) is 14.8 Å². The van der Waals surface area contributed by atoms with Gasteiger partial charge >= 0.3 is 0 Å². The zero-order valence-electron chi connectivity index (χ0n) is 15.5. The number of rotatable bonds is 6. The lowest BCUT2D eigenvalue weighted by Gasteiger charge is -2.07. The van der Waals surface area contributed by atoms with Gasteiger partial charge in [0.1, 0.15) is 0 Å². The van der Waals surface area contributed by atoms with E-state index in [4.69, 9.17) is 5.73 Å². The highest BCUT2D eigenvalue weighted by Crippen LogP contribution is 2.26. The molecule has 0 aliphatic heterocycles. The molecule has 0 unspecified atom stereocenters. The Morgan fingerprint density at radius 1 is 1.04 bits per heavy atom. The Morgan fingerprint density at radius 2 is 1.68 bits per heavy atom. The van der Waals surface area contributed by atoms with Crippen LogP contribution in [0.5, 0.6) is 0 Å². The number of benzene rings is 2. The zero-order chi connectivity index (χ0) is 20.1. The molecule has 4 N–H and O–H groups in total. The van der Waals surface area contributed by atoms with Crippen LogP contribution in [0.1, 0.15) is 6.92 Å². The first-order valence-electron chi connectivity index (χ1n) is 8.48. The molecule has 0 saturated heterocycles. The Morgan fingerprint density at radius 3 is 2.32 bits per heavy atom. The van der Waals surface area contributed by atoms with Crippen LogP contribution in [0, 0.1) is 0 Å². The van der Waals surface area contributed by atoms with E-state index < -0.39 is 0 Å². The van der Waals surface area contributed by atoms with Crippen molar-refractivity contribution < 1.29 is 9.59 Å². The third-order valence-corrected chi connectivity index (χ3v) is 4.88. The van der Waals surface area contributed by atoms with Crippen LogP contribution >= 0.6 is 11.8 Å². The Kier molecular flexibility index (Phi) is 5.95. The lowest BCUT2D eigenvalue weighted by atomic mass is 10.2. The fraction of sp³-hybridized carbons (Fsp3) is 0.158. The Labute approximate surface area is 166 Å². The molecule has 0 fully saturated rings. The normalized spacial score (nSPS) is 10.5. The molecule has 0 saturated carbocycles. The van der Waals surface area contributed by atoms with Crippen LogP contribution in [0.25, 0.3) is 11.4 Å². The van der Waals surface area contributed by atoms with E-state index in [1.54, 1.807) is 24.3 Å². The number of carbonyl (C=O) groups excluding carboxylic acids is 2. The summed E-state index contributed by atoms with van der Waals surface area (Å²) in [5.41, 5.74) is 8.74. The molecule has 28 heavy (non-hydrogen) atoms. The second-order valence-corrected chi connectivity index (χ2v) is 6.99. The molecular weight excluding hydrogens is 376 g/mol. The number of nitrogens with two attached hydrogens (primary N) is 1. The first kappa shape index (κ1) is 19.4. The Hall–Kier alpha value is -3.33. The second kappa shape index (κ2) is 8.57. The number of anilines is 3. The van der Waals surface area contributed by atoms with Crippen LogP contribution in [-0.2, 0) is 16.6 Å². The van der Waals surface area contributed by atoms with Crippen LogP contribution in [0.4, 0.5) is 17.1 Å². The highest BCUT2D eigenvalue weighted by Gasteiger charge is 2.14. The largest absolute Gasteiger partial charge is 0.398 e. The van der Waals surface area contributed by atoms with Crippen LogP contribution < -0.4 is 16.4 Å². The van der Waals surface area contributed by atoms with E-state index in [0.717, 1.165) is 5.56 Å². The maximum atomic E-state index is 12.2. The monoisotopic (exact) mass is 396 g/mol. The second-order valence-electron chi connectivity index (χ2n) is 6.05. The molecule has 0 atom stereocenters. The van der Waals surface area contributed by atoms with Crippen LogP contribution in [-0.4, -0.2) is 32.3 Å². The minimum atomic E-state index is -0.166. The summed E-state index contributed by atoms with van der Waals surface area (Å²) in [5.74, 6) is 0.521. The average molecular weight is 396 g/mol. The van der Waals surface area contributed by atoms with E-state index >= 15 is 0 Å². The van der Waals surface area contributed by atoms with Crippen molar-refractivity contribution in [3.05, 3.63) is 48.5 Å². The molecule has 0 aliphatic carbocycles. The number of hydrogen-bond acceptors (Lipinski definition) is 6.